The number of halogens is 2. The van der Waals surface area contributed by atoms with Crippen LogP contribution in [0.3, 0.4) is 0 Å². The van der Waals surface area contributed by atoms with Crippen molar-refractivity contribution in [2.24, 2.45) is 0 Å². The molecule has 0 aliphatic rings. The first-order valence-electron chi connectivity index (χ1n) is 5.54. The average molecular weight is 373 g/mol. The molecular formula is C13H7BrClNO5. The third-order valence-corrected chi connectivity index (χ3v) is 3.66. The maximum atomic E-state index is 11.2. The van der Waals surface area contributed by atoms with E-state index in [-0.39, 0.29) is 32.2 Å². The minimum Gasteiger partial charge on any atom is -0.478 e. The summed E-state index contributed by atoms with van der Waals surface area (Å²) in [6, 6.07) is 8.57. The molecule has 2 aromatic carbocycles. The van der Waals surface area contributed by atoms with Gasteiger partial charge in [0.15, 0.2) is 0 Å². The minimum atomic E-state index is -1.25. The summed E-state index contributed by atoms with van der Waals surface area (Å²) < 4.78 is 5.57. The van der Waals surface area contributed by atoms with Crippen molar-refractivity contribution < 1.29 is 19.6 Å². The van der Waals surface area contributed by atoms with Crippen molar-refractivity contribution in [1.29, 1.82) is 0 Å². The van der Waals surface area contributed by atoms with Crippen molar-refractivity contribution in [3.63, 3.8) is 0 Å². The zero-order valence-electron chi connectivity index (χ0n) is 10.2. The SMILES string of the molecule is O=C(O)c1c(Cl)cccc1Oc1cccc([N+](=O)[O-])c1Br. The second kappa shape index (κ2) is 6.11. The summed E-state index contributed by atoms with van der Waals surface area (Å²) in [4.78, 5) is 21.5. The highest BCUT2D eigenvalue weighted by molar-refractivity contribution is 9.10. The Bertz CT molecular complexity index is 734. The Kier molecular flexibility index (Phi) is 4.44. The van der Waals surface area contributed by atoms with E-state index < -0.39 is 10.9 Å². The van der Waals surface area contributed by atoms with Gasteiger partial charge >= 0.3 is 5.97 Å². The number of aromatic carboxylic acids is 1. The molecule has 0 heterocycles. The molecule has 0 radical (unpaired) electrons. The predicted molar refractivity (Wildman–Crippen MR) is 79.3 cm³/mol. The van der Waals surface area contributed by atoms with Gasteiger partial charge in [-0.2, -0.15) is 0 Å². The summed E-state index contributed by atoms with van der Waals surface area (Å²) in [5.41, 5.74) is -0.399. The second-order valence-corrected chi connectivity index (χ2v) is 5.07. The Morgan fingerprint density at radius 1 is 1.24 bits per heavy atom. The van der Waals surface area contributed by atoms with Crippen LogP contribution in [0, 0.1) is 10.1 Å². The standard InChI is InChI=1S/C13H7BrClNO5/c14-12-8(16(19)20)4-2-6-10(12)21-9-5-1-3-7(15)11(9)13(17)18/h1-6H,(H,17,18). The van der Waals surface area contributed by atoms with E-state index in [1.807, 2.05) is 0 Å². The number of benzene rings is 2. The Balaban J connectivity index is 2.49. The lowest BCUT2D eigenvalue weighted by Gasteiger charge is -2.11. The summed E-state index contributed by atoms with van der Waals surface area (Å²) in [7, 11) is 0. The van der Waals surface area contributed by atoms with Gasteiger partial charge in [-0.15, -0.1) is 0 Å². The fourth-order valence-electron chi connectivity index (χ4n) is 1.63. The number of ether oxygens (including phenoxy) is 1. The molecule has 0 spiro atoms. The van der Waals surface area contributed by atoms with Gasteiger partial charge in [-0.3, -0.25) is 10.1 Å². The lowest BCUT2D eigenvalue weighted by atomic mass is 10.2. The average Bonchev–Trinajstić information content (AvgIpc) is 2.40. The molecule has 0 amide bonds. The first-order valence-corrected chi connectivity index (χ1v) is 6.71. The fourth-order valence-corrected chi connectivity index (χ4v) is 2.37. The van der Waals surface area contributed by atoms with Crippen LogP contribution in [-0.4, -0.2) is 16.0 Å². The van der Waals surface area contributed by atoms with Crippen molar-refractivity contribution in [2.75, 3.05) is 0 Å². The molecule has 0 bridgehead atoms. The van der Waals surface area contributed by atoms with Gasteiger partial charge in [-0.05, 0) is 34.1 Å². The molecule has 0 saturated heterocycles. The highest BCUT2D eigenvalue weighted by Gasteiger charge is 2.20. The van der Waals surface area contributed by atoms with Crippen molar-refractivity contribution in [1.82, 2.24) is 0 Å². The quantitative estimate of drug-likeness (QED) is 0.630. The van der Waals surface area contributed by atoms with Crippen LogP contribution in [0.15, 0.2) is 40.9 Å². The highest BCUT2D eigenvalue weighted by atomic mass is 79.9. The molecule has 108 valence electrons. The van der Waals surface area contributed by atoms with Crippen LogP contribution >= 0.6 is 27.5 Å². The molecule has 1 N–H and O–H groups in total. The second-order valence-electron chi connectivity index (χ2n) is 3.87. The molecule has 0 aliphatic heterocycles. The molecule has 2 aromatic rings. The van der Waals surface area contributed by atoms with Gasteiger partial charge in [0.2, 0.25) is 0 Å². The fraction of sp³-hybridized carbons (Fsp3) is 0. The summed E-state index contributed by atoms with van der Waals surface area (Å²) in [6.07, 6.45) is 0. The van der Waals surface area contributed by atoms with Crippen LogP contribution < -0.4 is 4.74 Å². The lowest BCUT2D eigenvalue weighted by molar-refractivity contribution is -0.385. The molecule has 2 rings (SSSR count). The van der Waals surface area contributed by atoms with E-state index in [9.17, 15) is 14.9 Å². The van der Waals surface area contributed by atoms with Crippen molar-refractivity contribution in [3.8, 4) is 11.5 Å². The Hall–Kier alpha value is -2.12. The maximum absolute atomic E-state index is 11.2. The number of nitro groups is 1. The van der Waals surface area contributed by atoms with Crippen LogP contribution in [0.2, 0.25) is 5.02 Å². The molecule has 8 heteroatoms. The number of nitro benzene ring substituents is 1. The highest BCUT2D eigenvalue weighted by Crippen LogP contribution is 2.38. The molecular weight excluding hydrogens is 366 g/mol. The molecule has 0 unspecified atom stereocenters. The smallest absolute Gasteiger partial charge is 0.341 e. The molecule has 0 saturated carbocycles. The Morgan fingerprint density at radius 2 is 1.86 bits per heavy atom. The number of carbonyl (C=O) groups is 1. The molecule has 0 atom stereocenters. The van der Waals surface area contributed by atoms with Gasteiger partial charge in [0, 0.05) is 6.07 Å². The Labute approximate surface area is 132 Å². The van der Waals surface area contributed by atoms with Crippen molar-refractivity contribution >= 4 is 39.2 Å². The van der Waals surface area contributed by atoms with E-state index in [4.69, 9.17) is 21.4 Å². The normalized spacial score (nSPS) is 10.2. The van der Waals surface area contributed by atoms with E-state index in [1.165, 1.54) is 36.4 Å². The molecule has 0 aromatic heterocycles. The monoisotopic (exact) mass is 371 g/mol. The van der Waals surface area contributed by atoms with Crippen molar-refractivity contribution in [3.05, 3.63) is 61.6 Å². The van der Waals surface area contributed by atoms with E-state index in [1.54, 1.807) is 0 Å². The zero-order chi connectivity index (χ0) is 15.6. The number of hydrogen-bond acceptors (Lipinski definition) is 4. The third-order valence-electron chi connectivity index (χ3n) is 2.55. The predicted octanol–water partition coefficient (Wildman–Crippen LogP) is 4.50. The van der Waals surface area contributed by atoms with Gasteiger partial charge in [-0.1, -0.05) is 23.7 Å². The van der Waals surface area contributed by atoms with Gasteiger partial charge in [0.1, 0.15) is 21.5 Å². The summed E-state index contributed by atoms with van der Waals surface area (Å²) >= 11 is 8.90. The molecule has 6 nitrogen and oxygen atoms in total. The third kappa shape index (κ3) is 3.14. The van der Waals surface area contributed by atoms with Crippen LogP contribution in [0.5, 0.6) is 11.5 Å². The summed E-state index contributed by atoms with van der Waals surface area (Å²) in [5.74, 6) is -1.14. The number of hydrogen-bond donors (Lipinski definition) is 1. The number of carboxylic acids is 1. The van der Waals surface area contributed by atoms with E-state index in [0.29, 0.717) is 0 Å². The van der Waals surface area contributed by atoms with Gasteiger partial charge < -0.3 is 9.84 Å². The molecule has 21 heavy (non-hydrogen) atoms. The van der Waals surface area contributed by atoms with Crippen molar-refractivity contribution in [2.45, 2.75) is 0 Å². The largest absolute Gasteiger partial charge is 0.478 e. The van der Waals surface area contributed by atoms with Gasteiger partial charge in [0.05, 0.1) is 9.95 Å². The van der Waals surface area contributed by atoms with Gasteiger partial charge in [0.25, 0.3) is 5.69 Å². The number of rotatable bonds is 4. The van der Waals surface area contributed by atoms with E-state index in [2.05, 4.69) is 15.9 Å². The topological polar surface area (TPSA) is 89.7 Å². The van der Waals surface area contributed by atoms with Crippen LogP contribution in [0.25, 0.3) is 0 Å². The van der Waals surface area contributed by atoms with E-state index in [0.717, 1.165) is 0 Å². The minimum absolute atomic E-state index is 0.00352. The summed E-state index contributed by atoms with van der Waals surface area (Å²) in [5, 5.41) is 20.0. The lowest BCUT2D eigenvalue weighted by Crippen LogP contribution is -2.01. The summed E-state index contributed by atoms with van der Waals surface area (Å²) in [6.45, 7) is 0. The van der Waals surface area contributed by atoms with Crippen LogP contribution in [-0.2, 0) is 0 Å². The number of nitrogens with zero attached hydrogens (tertiary/aromatic N) is 1. The first-order chi connectivity index (χ1) is 9.91. The first kappa shape index (κ1) is 15.3. The Morgan fingerprint density at radius 3 is 2.48 bits per heavy atom. The maximum Gasteiger partial charge on any atom is 0.341 e. The zero-order valence-corrected chi connectivity index (χ0v) is 12.6. The van der Waals surface area contributed by atoms with Gasteiger partial charge in [-0.25, -0.2) is 4.79 Å². The van der Waals surface area contributed by atoms with Crippen LogP contribution in [0.1, 0.15) is 10.4 Å². The van der Waals surface area contributed by atoms with E-state index >= 15 is 0 Å². The molecule has 0 fully saturated rings. The van der Waals surface area contributed by atoms with Crippen LogP contribution in [0.4, 0.5) is 5.69 Å². The molecule has 0 aliphatic carbocycles. The number of carboxylic acid groups (broad SMARTS) is 1.